The monoisotopic (exact) mass is 241 g/mol. The van der Waals surface area contributed by atoms with Gasteiger partial charge in [0.05, 0.1) is 6.61 Å². The van der Waals surface area contributed by atoms with E-state index in [0.29, 0.717) is 18.5 Å². The Bertz CT molecular complexity index is 329. The van der Waals surface area contributed by atoms with Crippen molar-refractivity contribution in [1.82, 2.24) is 15.3 Å². The molecule has 0 spiro atoms. The highest BCUT2D eigenvalue weighted by atomic mass is 35.5. The molecule has 1 aromatic rings. The van der Waals surface area contributed by atoms with Gasteiger partial charge in [0.25, 0.3) is 0 Å². The van der Waals surface area contributed by atoms with Crippen molar-refractivity contribution in [2.24, 2.45) is 0 Å². The van der Waals surface area contributed by atoms with E-state index in [1.165, 1.54) is 19.3 Å². The molecule has 2 rings (SSSR count). The number of nitrogens with zero attached hydrogens (tertiary/aromatic N) is 2. The largest absolute Gasteiger partial charge is 0.477 e. The molecule has 0 saturated carbocycles. The van der Waals surface area contributed by atoms with E-state index in [9.17, 15) is 0 Å². The minimum absolute atomic E-state index is 0.230. The first kappa shape index (κ1) is 11.6. The Labute approximate surface area is 100 Å². The van der Waals surface area contributed by atoms with Gasteiger partial charge >= 0.3 is 0 Å². The number of ether oxygens (including phenoxy) is 1. The molecule has 0 unspecified atom stereocenters. The summed E-state index contributed by atoms with van der Waals surface area (Å²) in [7, 11) is 0. The van der Waals surface area contributed by atoms with Gasteiger partial charge in [-0.3, -0.25) is 0 Å². The molecule has 0 amide bonds. The summed E-state index contributed by atoms with van der Waals surface area (Å²) < 4.78 is 5.51. The van der Waals surface area contributed by atoms with E-state index >= 15 is 0 Å². The third-order valence-electron chi connectivity index (χ3n) is 2.73. The van der Waals surface area contributed by atoms with Gasteiger partial charge in [-0.2, -0.15) is 4.98 Å². The fraction of sp³-hybridized carbons (Fsp3) is 0.636. The van der Waals surface area contributed by atoms with Crippen LogP contribution in [-0.4, -0.2) is 29.2 Å². The van der Waals surface area contributed by atoms with Crippen LogP contribution in [0, 0.1) is 0 Å². The Morgan fingerprint density at radius 2 is 2.44 bits per heavy atom. The van der Waals surface area contributed by atoms with Crippen LogP contribution < -0.4 is 10.1 Å². The number of rotatable bonds is 4. The first-order valence-electron chi connectivity index (χ1n) is 5.69. The molecule has 16 heavy (non-hydrogen) atoms. The van der Waals surface area contributed by atoms with Crippen molar-refractivity contribution >= 4 is 11.6 Å². The number of hydrogen-bond donors (Lipinski definition) is 1. The number of nitrogens with one attached hydrogen (secondary N) is 1. The standard InChI is InChI=1S/C11H16ClN3O/c12-11-14-7-4-10(15-11)16-8-5-9-3-1-2-6-13-9/h4,7,9,13H,1-3,5-6,8H2/t9-/m1/s1. The Hall–Kier alpha value is -0.870. The lowest BCUT2D eigenvalue weighted by Gasteiger charge is -2.23. The summed E-state index contributed by atoms with van der Waals surface area (Å²) in [5.74, 6) is 0.552. The molecule has 1 N–H and O–H groups in total. The second-order valence-electron chi connectivity index (χ2n) is 3.95. The average molecular weight is 242 g/mol. The van der Waals surface area contributed by atoms with Gasteiger partial charge in [0, 0.05) is 18.3 Å². The van der Waals surface area contributed by atoms with E-state index in [0.717, 1.165) is 13.0 Å². The topological polar surface area (TPSA) is 47.0 Å². The smallest absolute Gasteiger partial charge is 0.225 e. The van der Waals surface area contributed by atoms with E-state index in [1.807, 2.05) is 0 Å². The summed E-state index contributed by atoms with van der Waals surface area (Å²) in [4.78, 5) is 7.77. The summed E-state index contributed by atoms with van der Waals surface area (Å²) >= 11 is 5.66. The first-order chi connectivity index (χ1) is 7.84. The van der Waals surface area contributed by atoms with E-state index in [-0.39, 0.29) is 5.28 Å². The zero-order chi connectivity index (χ0) is 11.2. The molecule has 1 aromatic heterocycles. The molecule has 1 saturated heterocycles. The van der Waals surface area contributed by atoms with Crippen molar-refractivity contribution < 1.29 is 4.74 Å². The molecule has 2 heterocycles. The molecule has 0 radical (unpaired) electrons. The van der Waals surface area contributed by atoms with Crippen LogP contribution >= 0.6 is 11.6 Å². The highest BCUT2D eigenvalue weighted by Gasteiger charge is 2.12. The third kappa shape index (κ3) is 3.61. The zero-order valence-corrected chi connectivity index (χ0v) is 9.91. The lowest BCUT2D eigenvalue weighted by Crippen LogP contribution is -2.35. The molecular formula is C11H16ClN3O. The Balaban J connectivity index is 1.71. The van der Waals surface area contributed by atoms with Crippen molar-refractivity contribution in [2.75, 3.05) is 13.2 Å². The minimum Gasteiger partial charge on any atom is -0.477 e. The molecule has 0 bridgehead atoms. The molecule has 0 aliphatic carbocycles. The summed E-state index contributed by atoms with van der Waals surface area (Å²) in [5.41, 5.74) is 0. The van der Waals surface area contributed by atoms with Crippen LogP contribution in [0.2, 0.25) is 5.28 Å². The second-order valence-corrected chi connectivity index (χ2v) is 4.29. The molecule has 1 atom stereocenters. The van der Waals surface area contributed by atoms with Gasteiger partial charge in [-0.1, -0.05) is 6.42 Å². The van der Waals surface area contributed by atoms with Crippen LogP contribution in [0.3, 0.4) is 0 Å². The van der Waals surface area contributed by atoms with Crippen LogP contribution in [-0.2, 0) is 0 Å². The summed E-state index contributed by atoms with van der Waals surface area (Å²) in [6, 6.07) is 2.31. The van der Waals surface area contributed by atoms with Gasteiger partial charge in [-0.05, 0) is 37.4 Å². The van der Waals surface area contributed by atoms with Crippen LogP contribution in [0.1, 0.15) is 25.7 Å². The minimum atomic E-state index is 0.230. The molecular weight excluding hydrogens is 226 g/mol. The SMILES string of the molecule is Clc1nccc(OCC[C@H]2CCCCN2)n1. The van der Waals surface area contributed by atoms with Crippen LogP contribution in [0.25, 0.3) is 0 Å². The predicted octanol–water partition coefficient (Wildman–Crippen LogP) is 2.04. The number of halogens is 1. The zero-order valence-electron chi connectivity index (χ0n) is 9.16. The molecule has 5 heteroatoms. The summed E-state index contributed by atoms with van der Waals surface area (Å²) in [6.07, 6.45) is 6.47. The predicted molar refractivity (Wildman–Crippen MR) is 62.8 cm³/mol. The van der Waals surface area contributed by atoms with Crippen LogP contribution in [0.15, 0.2) is 12.3 Å². The summed E-state index contributed by atoms with van der Waals surface area (Å²) in [5, 5.41) is 3.71. The van der Waals surface area contributed by atoms with E-state index in [1.54, 1.807) is 12.3 Å². The maximum absolute atomic E-state index is 5.66. The van der Waals surface area contributed by atoms with Crippen molar-refractivity contribution in [3.8, 4) is 5.88 Å². The number of hydrogen-bond acceptors (Lipinski definition) is 4. The highest BCUT2D eigenvalue weighted by Crippen LogP contribution is 2.12. The van der Waals surface area contributed by atoms with Gasteiger partial charge in [-0.25, -0.2) is 4.98 Å². The van der Waals surface area contributed by atoms with E-state index in [4.69, 9.17) is 16.3 Å². The Kier molecular flexibility index (Phi) is 4.36. The fourth-order valence-electron chi connectivity index (χ4n) is 1.88. The van der Waals surface area contributed by atoms with Crippen LogP contribution in [0.4, 0.5) is 0 Å². The molecule has 88 valence electrons. The van der Waals surface area contributed by atoms with Crippen LogP contribution in [0.5, 0.6) is 5.88 Å². The molecule has 0 aromatic carbocycles. The van der Waals surface area contributed by atoms with Gasteiger partial charge < -0.3 is 10.1 Å². The molecule has 1 aliphatic rings. The molecule has 1 fully saturated rings. The second kappa shape index (κ2) is 6.01. The fourth-order valence-corrected chi connectivity index (χ4v) is 2.02. The lowest BCUT2D eigenvalue weighted by atomic mass is 10.0. The highest BCUT2D eigenvalue weighted by molar-refractivity contribution is 6.28. The quantitative estimate of drug-likeness (QED) is 0.820. The van der Waals surface area contributed by atoms with E-state index < -0.39 is 0 Å². The maximum atomic E-state index is 5.66. The van der Waals surface area contributed by atoms with Gasteiger partial charge in [0.15, 0.2) is 0 Å². The first-order valence-corrected chi connectivity index (χ1v) is 6.07. The maximum Gasteiger partial charge on any atom is 0.225 e. The number of piperidine rings is 1. The molecule has 4 nitrogen and oxygen atoms in total. The van der Waals surface area contributed by atoms with Gasteiger partial charge in [0.1, 0.15) is 0 Å². The molecule has 1 aliphatic heterocycles. The van der Waals surface area contributed by atoms with E-state index in [2.05, 4.69) is 15.3 Å². The lowest BCUT2D eigenvalue weighted by molar-refractivity contribution is 0.260. The Morgan fingerprint density at radius 1 is 1.50 bits per heavy atom. The summed E-state index contributed by atoms with van der Waals surface area (Å²) in [6.45, 7) is 1.80. The van der Waals surface area contributed by atoms with Crippen molar-refractivity contribution in [3.05, 3.63) is 17.5 Å². The van der Waals surface area contributed by atoms with Gasteiger partial charge in [-0.15, -0.1) is 0 Å². The van der Waals surface area contributed by atoms with Gasteiger partial charge in [0.2, 0.25) is 11.2 Å². The Morgan fingerprint density at radius 3 is 3.19 bits per heavy atom. The third-order valence-corrected chi connectivity index (χ3v) is 2.91. The van der Waals surface area contributed by atoms with Crippen molar-refractivity contribution in [1.29, 1.82) is 0 Å². The van der Waals surface area contributed by atoms with Crippen molar-refractivity contribution in [3.63, 3.8) is 0 Å². The average Bonchev–Trinajstić information content (AvgIpc) is 2.30. The van der Waals surface area contributed by atoms with Crippen molar-refractivity contribution in [2.45, 2.75) is 31.7 Å². The number of aromatic nitrogens is 2. The normalized spacial score (nSPS) is 20.7.